The second kappa shape index (κ2) is 8.89. The molecule has 0 unspecified atom stereocenters. The number of rotatable bonds is 4. The standard InChI is InChI=1S/C21H21ClN4O3S/c1-2-29-21(28)25-10-8-24(9-11-25)20(27)18-14-17(19-7-4-12-30-19)23-26(18)16-6-3-5-15(22)13-16/h3-7,12-14H,2,8-11H2,1H3. The molecule has 1 fully saturated rings. The number of piperazine rings is 1. The van der Waals surface area contributed by atoms with Gasteiger partial charge >= 0.3 is 6.09 Å². The van der Waals surface area contributed by atoms with E-state index in [0.29, 0.717) is 43.5 Å². The Hall–Kier alpha value is -2.84. The predicted octanol–water partition coefficient (Wildman–Crippen LogP) is 4.17. The number of hydrogen-bond donors (Lipinski definition) is 0. The lowest BCUT2D eigenvalue weighted by atomic mass is 10.2. The summed E-state index contributed by atoms with van der Waals surface area (Å²) in [5.41, 5.74) is 1.92. The summed E-state index contributed by atoms with van der Waals surface area (Å²) < 4.78 is 6.69. The van der Waals surface area contributed by atoms with Crippen LogP contribution in [-0.4, -0.2) is 64.4 Å². The lowest BCUT2D eigenvalue weighted by molar-refractivity contribution is 0.0563. The van der Waals surface area contributed by atoms with Crippen LogP contribution in [0.4, 0.5) is 4.79 Å². The average molecular weight is 445 g/mol. The van der Waals surface area contributed by atoms with Gasteiger partial charge in [-0.1, -0.05) is 23.7 Å². The molecule has 2 aromatic heterocycles. The van der Waals surface area contributed by atoms with Crippen molar-refractivity contribution in [3.63, 3.8) is 0 Å². The molecule has 1 aromatic carbocycles. The zero-order valence-corrected chi connectivity index (χ0v) is 18.0. The van der Waals surface area contributed by atoms with Crippen LogP contribution in [0.2, 0.25) is 5.02 Å². The Bertz CT molecular complexity index is 1040. The van der Waals surface area contributed by atoms with Crippen molar-refractivity contribution < 1.29 is 14.3 Å². The number of ether oxygens (including phenoxy) is 1. The van der Waals surface area contributed by atoms with E-state index in [1.54, 1.807) is 44.9 Å². The first-order chi connectivity index (χ1) is 14.6. The highest BCUT2D eigenvalue weighted by molar-refractivity contribution is 7.13. The fourth-order valence-corrected chi connectivity index (χ4v) is 4.22. The first-order valence-corrected chi connectivity index (χ1v) is 10.9. The number of benzene rings is 1. The monoisotopic (exact) mass is 444 g/mol. The van der Waals surface area contributed by atoms with Gasteiger partial charge in [-0.15, -0.1) is 11.3 Å². The topological polar surface area (TPSA) is 67.7 Å². The SMILES string of the molecule is CCOC(=O)N1CCN(C(=O)c2cc(-c3cccs3)nn2-c2cccc(Cl)c2)CC1. The van der Waals surface area contributed by atoms with E-state index in [-0.39, 0.29) is 12.0 Å². The minimum Gasteiger partial charge on any atom is -0.450 e. The van der Waals surface area contributed by atoms with E-state index < -0.39 is 0 Å². The molecule has 0 atom stereocenters. The van der Waals surface area contributed by atoms with Crippen molar-refractivity contribution >= 4 is 34.9 Å². The summed E-state index contributed by atoms with van der Waals surface area (Å²) in [5.74, 6) is -0.131. The number of thiophene rings is 1. The third-order valence-corrected chi connectivity index (χ3v) is 5.98. The molecule has 2 amide bonds. The van der Waals surface area contributed by atoms with E-state index in [9.17, 15) is 9.59 Å². The van der Waals surface area contributed by atoms with Crippen molar-refractivity contribution in [1.82, 2.24) is 19.6 Å². The Balaban J connectivity index is 1.61. The number of aromatic nitrogens is 2. The Kier molecular flexibility index (Phi) is 6.06. The second-order valence-electron chi connectivity index (χ2n) is 6.76. The zero-order valence-electron chi connectivity index (χ0n) is 16.5. The third kappa shape index (κ3) is 4.20. The summed E-state index contributed by atoms with van der Waals surface area (Å²) in [7, 11) is 0. The number of carbonyl (C=O) groups is 2. The van der Waals surface area contributed by atoms with Crippen molar-refractivity contribution in [2.24, 2.45) is 0 Å². The second-order valence-corrected chi connectivity index (χ2v) is 8.15. The van der Waals surface area contributed by atoms with Crippen molar-refractivity contribution in [1.29, 1.82) is 0 Å². The van der Waals surface area contributed by atoms with Crippen LogP contribution in [0.15, 0.2) is 47.8 Å². The largest absolute Gasteiger partial charge is 0.450 e. The van der Waals surface area contributed by atoms with Crippen LogP contribution in [0.5, 0.6) is 0 Å². The van der Waals surface area contributed by atoms with Crippen LogP contribution in [-0.2, 0) is 4.74 Å². The van der Waals surface area contributed by atoms with Gasteiger partial charge in [0.15, 0.2) is 0 Å². The van der Waals surface area contributed by atoms with E-state index in [1.165, 1.54) is 0 Å². The summed E-state index contributed by atoms with van der Waals surface area (Å²) in [6.45, 7) is 3.86. The molecule has 1 aliphatic heterocycles. The van der Waals surface area contributed by atoms with Gasteiger partial charge in [-0.3, -0.25) is 4.79 Å². The van der Waals surface area contributed by atoms with Gasteiger partial charge < -0.3 is 14.5 Å². The molecule has 0 bridgehead atoms. The van der Waals surface area contributed by atoms with Gasteiger partial charge in [0.2, 0.25) is 0 Å². The van der Waals surface area contributed by atoms with Gasteiger partial charge in [0.05, 0.1) is 17.2 Å². The Morgan fingerprint density at radius 1 is 1.10 bits per heavy atom. The van der Waals surface area contributed by atoms with Gasteiger partial charge in [-0.25, -0.2) is 9.48 Å². The van der Waals surface area contributed by atoms with Crippen LogP contribution < -0.4 is 0 Å². The van der Waals surface area contributed by atoms with Crippen molar-refractivity contribution in [2.45, 2.75) is 6.92 Å². The number of nitrogens with zero attached hydrogens (tertiary/aromatic N) is 4. The maximum Gasteiger partial charge on any atom is 0.409 e. The molecule has 9 heteroatoms. The number of hydrogen-bond acceptors (Lipinski definition) is 5. The Morgan fingerprint density at radius 3 is 2.53 bits per heavy atom. The maximum absolute atomic E-state index is 13.4. The third-order valence-electron chi connectivity index (χ3n) is 4.85. The summed E-state index contributed by atoms with van der Waals surface area (Å²) >= 11 is 7.74. The van der Waals surface area contributed by atoms with Gasteiger partial charge in [0.1, 0.15) is 11.4 Å². The molecule has 4 rings (SSSR count). The van der Waals surface area contributed by atoms with E-state index in [4.69, 9.17) is 16.3 Å². The number of carbonyl (C=O) groups excluding carboxylic acids is 2. The lowest BCUT2D eigenvalue weighted by Gasteiger charge is -2.34. The smallest absolute Gasteiger partial charge is 0.409 e. The van der Waals surface area contributed by atoms with Crippen LogP contribution in [0.1, 0.15) is 17.4 Å². The fourth-order valence-electron chi connectivity index (χ4n) is 3.35. The molecule has 0 radical (unpaired) electrons. The van der Waals surface area contributed by atoms with E-state index >= 15 is 0 Å². The first kappa shape index (κ1) is 20.4. The molecule has 156 valence electrons. The minimum atomic E-state index is -0.339. The summed E-state index contributed by atoms with van der Waals surface area (Å²) in [5, 5.41) is 7.23. The normalized spacial score (nSPS) is 14.1. The van der Waals surface area contributed by atoms with Crippen LogP contribution in [0.25, 0.3) is 16.3 Å². The van der Waals surface area contributed by atoms with Crippen molar-refractivity contribution in [2.75, 3.05) is 32.8 Å². The van der Waals surface area contributed by atoms with Gasteiger partial charge in [-0.2, -0.15) is 5.10 Å². The van der Waals surface area contributed by atoms with Crippen LogP contribution >= 0.6 is 22.9 Å². The zero-order chi connectivity index (χ0) is 21.1. The van der Waals surface area contributed by atoms with Gasteiger partial charge in [-0.05, 0) is 42.6 Å². The molecule has 1 aliphatic rings. The molecule has 7 nitrogen and oxygen atoms in total. The molecule has 3 heterocycles. The van der Waals surface area contributed by atoms with Crippen LogP contribution in [0, 0.1) is 0 Å². The molecular formula is C21H21ClN4O3S. The number of halogens is 1. The van der Waals surface area contributed by atoms with Crippen molar-refractivity contribution in [3.8, 4) is 16.3 Å². The van der Waals surface area contributed by atoms with E-state index in [2.05, 4.69) is 5.10 Å². The Labute approximate surface area is 183 Å². The minimum absolute atomic E-state index is 0.131. The van der Waals surface area contributed by atoms with Crippen molar-refractivity contribution in [3.05, 3.63) is 58.6 Å². The number of amides is 2. The predicted molar refractivity (Wildman–Crippen MR) is 116 cm³/mol. The molecule has 0 aliphatic carbocycles. The Morgan fingerprint density at radius 2 is 1.87 bits per heavy atom. The summed E-state index contributed by atoms with van der Waals surface area (Å²) in [4.78, 5) is 29.6. The maximum atomic E-state index is 13.4. The highest BCUT2D eigenvalue weighted by atomic mass is 35.5. The summed E-state index contributed by atoms with van der Waals surface area (Å²) in [6, 6.07) is 13.0. The first-order valence-electron chi connectivity index (χ1n) is 9.67. The highest BCUT2D eigenvalue weighted by Gasteiger charge is 2.28. The molecule has 0 saturated carbocycles. The molecule has 0 spiro atoms. The highest BCUT2D eigenvalue weighted by Crippen LogP contribution is 2.27. The van der Waals surface area contributed by atoms with Crippen LogP contribution in [0.3, 0.4) is 0 Å². The average Bonchev–Trinajstić information content (AvgIpc) is 3.43. The van der Waals surface area contributed by atoms with E-state index in [0.717, 1.165) is 16.3 Å². The lowest BCUT2D eigenvalue weighted by Crippen LogP contribution is -2.51. The molecule has 3 aromatic rings. The van der Waals surface area contributed by atoms with Gasteiger partial charge in [0, 0.05) is 31.2 Å². The molecule has 1 saturated heterocycles. The van der Waals surface area contributed by atoms with E-state index in [1.807, 2.05) is 35.7 Å². The fraction of sp³-hybridized carbons (Fsp3) is 0.286. The quantitative estimate of drug-likeness (QED) is 0.605. The molecule has 0 N–H and O–H groups in total. The molecular weight excluding hydrogens is 424 g/mol. The molecule has 30 heavy (non-hydrogen) atoms. The van der Waals surface area contributed by atoms with Gasteiger partial charge in [0.25, 0.3) is 5.91 Å². The summed E-state index contributed by atoms with van der Waals surface area (Å²) in [6.07, 6.45) is -0.339.